The average molecular weight is 328 g/mol. The maximum Gasteiger partial charge on any atom is 0.227 e. The lowest BCUT2D eigenvalue weighted by Gasteiger charge is -2.34. The van der Waals surface area contributed by atoms with Gasteiger partial charge in [-0.3, -0.25) is 4.79 Å². The first-order valence-electron chi connectivity index (χ1n) is 8.56. The van der Waals surface area contributed by atoms with Crippen molar-refractivity contribution in [3.63, 3.8) is 0 Å². The fourth-order valence-electron chi connectivity index (χ4n) is 2.98. The van der Waals surface area contributed by atoms with E-state index in [0.717, 1.165) is 43.9 Å². The molecule has 1 aliphatic rings. The van der Waals surface area contributed by atoms with Crippen LogP contribution in [0, 0.1) is 6.92 Å². The average Bonchev–Trinajstić information content (AvgIpc) is 3.09. The van der Waals surface area contributed by atoms with Crippen molar-refractivity contribution in [3.8, 4) is 11.4 Å². The Balaban J connectivity index is 1.54. The molecule has 1 aromatic heterocycles. The van der Waals surface area contributed by atoms with Gasteiger partial charge in [0.05, 0.1) is 0 Å². The fraction of sp³-hybridized carbons (Fsp3) is 0.500. The summed E-state index contributed by atoms with van der Waals surface area (Å²) in [6.07, 6.45) is 0.910. The highest BCUT2D eigenvalue weighted by Crippen LogP contribution is 2.20. The molecule has 2 heterocycles. The summed E-state index contributed by atoms with van der Waals surface area (Å²) in [5.41, 5.74) is 2.07. The molecule has 1 aromatic carbocycles. The Kier molecular flexibility index (Phi) is 5.25. The molecule has 6 heteroatoms. The summed E-state index contributed by atoms with van der Waals surface area (Å²) in [5.74, 6) is 1.28. The first-order valence-corrected chi connectivity index (χ1v) is 8.56. The van der Waals surface area contributed by atoms with Crippen LogP contribution in [0.25, 0.3) is 11.4 Å². The maximum absolute atomic E-state index is 12.3. The van der Waals surface area contributed by atoms with Gasteiger partial charge in [0, 0.05) is 44.6 Å². The van der Waals surface area contributed by atoms with Crippen LogP contribution in [0.5, 0.6) is 0 Å². The second kappa shape index (κ2) is 7.57. The van der Waals surface area contributed by atoms with E-state index in [0.29, 0.717) is 24.6 Å². The van der Waals surface area contributed by atoms with Crippen molar-refractivity contribution >= 4 is 5.91 Å². The van der Waals surface area contributed by atoms with Crippen LogP contribution >= 0.6 is 0 Å². The molecule has 1 saturated heterocycles. The molecule has 0 radical (unpaired) electrons. The van der Waals surface area contributed by atoms with Gasteiger partial charge in [-0.05, 0) is 19.0 Å². The Morgan fingerprint density at radius 2 is 1.96 bits per heavy atom. The van der Waals surface area contributed by atoms with Gasteiger partial charge in [-0.15, -0.1) is 0 Å². The van der Waals surface area contributed by atoms with Crippen LogP contribution in [0.3, 0.4) is 0 Å². The van der Waals surface area contributed by atoms with Crippen molar-refractivity contribution in [1.82, 2.24) is 19.9 Å². The Morgan fingerprint density at radius 3 is 2.67 bits per heavy atom. The summed E-state index contributed by atoms with van der Waals surface area (Å²) in [7, 11) is 0. The number of aryl methyl sites for hydroxylation is 2. The maximum atomic E-state index is 12.3. The number of aromatic nitrogens is 2. The Labute approximate surface area is 142 Å². The number of likely N-dealkylation sites (N-methyl/N-ethyl adjacent to an activating group) is 1. The van der Waals surface area contributed by atoms with Crippen LogP contribution in [0.4, 0.5) is 0 Å². The summed E-state index contributed by atoms with van der Waals surface area (Å²) in [6, 6.07) is 7.93. The van der Waals surface area contributed by atoms with E-state index in [1.807, 2.05) is 36.1 Å². The van der Waals surface area contributed by atoms with Gasteiger partial charge in [0.2, 0.25) is 17.6 Å². The molecule has 0 bridgehead atoms. The van der Waals surface area contributed by atoms with Crippen LogP contribution in [0.15, 0.2) is 28.8 Å². The predicted octanol–water partition coefficient (Wildman–Crippen LogP) is 2.14. The van der Waals surface area contributed by atoms with E-state index >= 15 is 0 Å². The molecule has 0 saturated carbocycles. The summed E-state index contributed by atoms with van der Waals surface area (Å²) in [6.45, 7) is 8.76. The van der Waals surface area contributed by atoms with E-state index in [-0.39, 0.29) is 5.91 Å². The van der Waals surface area contributed by atoms with Crippen molar-refractivity contribution in [2.24, 2.45) is 0 Å². The summed E-state index contributed by atoms with van der Waals surface area (Å²) < 4.78 is 5.31. The third-order valence-corrected chi connectivity index (χ3v) is 4.58. The van der Waals surface area contributed by atoms with Crippen molar-refractivity contribution < 1.29 is 9.32 Å². The number of carbonyl (C=O) groups excluding carboxylic acids is 1. The molecule has 0 atom stereocenters. The first-order chi connectivity index (χ1) is 11.7. The third-order valence-electron chi connectivity index (χ3n) is 4.58. The summed E-state index contributed by atoms with van der Waals surface area (Å²) in [4.78, 5) is 21.0. The highest BCUT2D eigenvalue weighted by atomic mass is 16.5. The lowest BCUT2D eigenvalue weighted by Crippen LogP contribution is -2.48. The SMILES string of the molecule is CCN1CCN(C(=O)CCc2nc(-c3ccccc3C)no2)CC1. The van der Waals surface area contributed by atoms with Crippen LogP contribution in [-0.2, 0) is 11.2 Å². The van der Waals surface area contributed by atoms with E-state index in [1.54, 1.807) is 0 Å². The van der Waals surface area contributed by atoms with Gasteiger partial charge in [0.15, 0.2) is 0 Å². The van der Waals surface area contributed by atoms with E-state index < -0.39 is 0 Å². The molecule has 24 heavy (non-hydrogen) atoms. The number of carbonyl (C=O) groups is 1. The van der Waals surface area contributed by atoms with Crippen LogP contribution in [-0.4, -0.2) is 58.6 Å². The van der Waals surface area contributed by atoms with Crippen LogP contribution in [0.2, 0.25) is 0 Å². The second-order valence-corrected chi connectivity index (χ2v) is 6.14. The predicted molar refractivity (Wildman–Crippen MR) is 91.5 cm³/mol. The smallest absolute Gasteiger partial charge is 0.227 e. The molecule has 1 aliphatic heterocycles. The van der Waals surface area contributed by atoms with Gasteiger partial charge in [-0.2, -0.15) is 4.98 Å². The van der Waals surface area contributed by atoms with E-state index in [4.69, 9.17) is 4.52 Å². The highest BCUT2D eigenvalue weighted by molar-refractivity contribution is 5.76. The number of piperazine rings is 1. The summed E-state index contributed by atoms with van der Waals surface area (Å²) >= 11 is 0. The molecule has 3 rings (SSSR count). The number of benzene rings is 1. The molecule has 0 unspecified atom stereocenters. The molecule has 128 valence electrons. The molecule has 0 spiro atoms. The first kappa shape index (κ1) is 16.6. The largest absolute Gasteiger partial charge is 0.340 e. The molecule has 2 aromatic rings. The van der Waals surface area contributed by atoms with Gasteiger partial charge in [-0.25, -0.2) is 0 Å². The Morgan fingerprint density at radius 1 is 1.21 bits per heavy atom. The zero-order chi connectivity index (χ0) is 16.9. The second-order valence-electron chi connectivity index (χ2n) is 6.14. The zero-order valence-corrected chi connectivity index (χ0v) is 14.4. The number of nitrogens with zero attached hydrogens (tertiary/aromatic N) is 4. The van der Waals surface area contributed by atoms with Crippen molar-refractivity contribution in [1.29, 1.82) is 0 Å². The summed E-state index contributed by atoms with van der Waals surface area (Å²) in [5, 5.41) is 4.04. The number of amides is 1. The van der Waals surface area contributed by atoms with Gasteiger partial charge >= 0.3 is 0 Å². The molecule has 1 fully saturated rings. The normalized spacial score (nSPS) is 15.7. The Bertz CT molecular complexity index is 690. The minimum Gasteiger partial charge on any atom is -0.340 e. The molecular weight excluding hydrogens is 304 g/mol. The van der Waals surface area contributed by atoms with Gasteiger partial charge in [0.1, 0.15) is 0 Å². The van der Waals surface area contributed by atoms with Crippen molar-refractivity contribution in [2.45, 2.75) is 26.7 Å². The van der Waals surface area contributed by atoms with E-state index in [9.17, 15) is 4.79 Å². The standard InChI is InChI=1S/C18H24N4O2/c1-3-21-10-12-22(13-11-21)17(23)9-8-16-19-18(20-24-16)15-7-5-4-6-14(15)2/h4-7H,3,8-13H2,1-2H3. The van der Waals surface area contributed by atoms with E-state index in [2.05, 4.69) is 22.0 Å². The highest BCUT2D eigenvalue weighted by Gasteiger charge is 2.20. The molecule has 1 amide bonds. The van der Waals surface area contributed by atoms with Crippen LogP contribution < -0.4 is 0 Å². The van der Waals surface area contributed by atoms with Gasteiger partial charge < -0.3 is 14.3 Å². The van der Waals surface area contributed by atoms with Crippen molar-refractivity contribution in [2.75, 3.05) is 32.7 Å². The molecule has 6 nitrogen and oxygen atoms in total. The van der Waals surface area contributed by atoms with Gasteiger partial charge in [0.25, 0.3) is 0 Å². The lowest BCUT2D eigenvalue weighted by molar-refractivity contribution is -0.132. The number of rotatable bonds is 5. The molecule has 0 aliphatic carbocycles. The minimum absolute atomic E-state index is 0.168. The fourth-order valence-corrected chi connectivity index (χ4v) is 2.98. The van der Waals surface area contributed by atoms with Crippen LogP contribution in [0.1, 0.15) is 24.8 Å². The number of hydrogen-bond acceptors (Lipinski definition) is 5. The Hall–Kier alpha value is -2.21. The quantitative estimate of drug-likeness (QED) is 0.841. The topological polar surface area (TPSA) is 62.5 Å². The third kappa shape index (κ3) is 3.82. The number of hydrogen-bond donors (Lipinski definition) is 0. The van der Waals surface area contributed by atoms with E-state index in [1.165, 1.54) is 0 Å². The van der Waals surface area contributed by atoms with Crippen molar-refractivity contribution in [3.05, 3.63) is 35.7 Å². The minimum atomic E-state index is 0.168. The van der Waals surface area contributed by atoms with Gasteiger partial charge in [-0.1, -0.05) is 36.3 Å². The molecular formula is C18H24N4O2. The molecule has 0 N–H and O–H groups in total. The lowest BCUT2D eigenvalue weighted by atomic mass is 10.1. The zero-order valence-electron chi connectivity index (χ0n) is 14.4. The monoisotopic (exact) mass is 328 g/mol.